The zero-order chi connectivity index (χ0) is 42.8. The fraction of sp³-hybridized carbons (Fsp3) is 0.935. The first-order valence-electron chi connectivity index (χ1n) is 24.1. The molecule has 0 saturated heterocycles. The van der Waals surface area contributed by atoms with E-state index >= 15 is 0 Å². The zero-order valence-corrected chi connectivity index (χ0v) is 38.3. The number of hydrogen-bond donors (Lipinski definition) is 3. The molecule has 4 N–H and O–H groups in total. The van der Waals surface area contributed by atoms with Crippen LogP contribution in [0.5, 0.6) is 0 Å². The molecule has 0 fully saturated rings. The van der Waals surface area contributed by atoms with Crippen LogP contribution in [-0.4, -0.2) is 59.9 Å². The van der Waals surface area contributed by atoms with E-state index in [9.17, 15) is 23.8 Å². The van der Waals surface area contributed by atoms with Crippen molar-refractivity contribution in [2.24, 2.45) is 5.73 Å². The third-order valence-corrected chi connectivity index (χ3v) is 11.8. The predicted molar refractivity (Wildman–Crippen MR) is 236 cm³/mol. The second-order valence-electron chi connectivity index (χ2n) is 16.6. The Hall–Kier alpha value is -1.52. The van der Waals surface area contributed by atoms with Crippen LogP contribution in [0.2, 0.25) is 0 Å². The summed E-state index contributed by atoms with van der Waals surface area (Å²) in [6.45, 7) is 2.83. The van der Waals surface area contributed by atoms with Crippen LogP contribution < -0.4 is 5.73 Å². The highest BCUT2D eigenvalue weighted by atomic mass is 31.2. The Balaban J connectivity index is 4.12. The number of carbonyl (C=O) groups is 3. The molecule has 0 rings (SSSR count). The van der Waals surface area contributed by atoms with E-state index in [0.29, 0.717) is 12.8 Å². The Morgan fingerprint density at radius 1 is 0.466 bits per heavy atom. The van der Waals surface area contributed by atoms with Gasteiger partial charge in [0.05, 0.1) is 13.2 Å². The molecule has 0 aliphatic rings. The molecular weight excluding hydrogens is 757 g/mol. The van der Waals surface area contributed by atoms with E-state index in [4.69, 9.17) is 24.8 Å². The molecule has 0 spiro atoms. The first-order chi connectivity index (χ1) is 28.1. The van der Waals surface area contributed by atoms with Crippen LogP contribution in [0.3, 0.4) is 0 Å². The van der Waals surface area contributed by atoms with Crippen molar-refractivity contribution in [3.63, 3.8) is 0 Å². The monoisotopic (exact) mass is 848 g/mol. The summed E-state index contributed by atoms with van der Waals surface area (Å²) in [6, 6.07) is -1.52. The van der Waals surface area contributed by atoms with Crippen molar-refractivity contribution in [1.82, 2.24) is 0 Å². The number of esters is 2. The van der Waals surface area contributed by atoms with Crippen LogP contribution in [0.15, 0.2) is 0 Å². The van der Waals surface area contributed by atoms with Crippen LogP contribution >= 0.6 is 7.82 Å². The molecule has 344 valence electrons. The standard InChI is InChI=1S/C46H90NO10P/c1-3-5-7-9-11-13-15-16-17-18-19-20-21-22-23-24-25-26-28-29-31-33-35-37-44(48)54-39-42(40-55-58(52,53)56-41-43(47)46(50)51)57-45(49)38-36-34-32-30-27-14-12-10-8-6-4-2/h42-43H,3-41,47H2,1-2H3,(H,50,51)(H,52,53)/t42-,43-/m0/s1. The number of carboxylic acid groups (broad SMARTS) is 1. The van der Waals surface area contributed by atoms with Gasteiger partial charge in [-0.25, -0.2) is 4.57 Å². The highest BCUT2D eigenvalue weighted by Crippen LogP contribution is 2.43. The van der Waals surface area contributed by atoms with Crippen molar-refractivity contribution in [2.75, 3.05) is 19.8 Å². The molecule has 0 bridgehead atoms. The van der Waals surface area contributed by atoms with Crippen LogP contribution in [0.4, 0.5) is 0 Å². The minimum atomic E-state index is -4.71. The van der Waals surface area contributed by atoms with Gasteiger partial charge in [0, 0.05) is 12.8 Å². The summed E-state index contributed by atoms with van der Waals surface area (Å²) in [5.74, 6) is -2.36. The van der Waals surface area contributed by atoms with Crippen molar-refractivity contribution in [3.8, 4) is 0 Å². The lowest BCUT2D eigenvalue weighted by Gasteiger charge is -2.20. The van der Waals surface area contributed by atoms with Gasteiger partial charge in [-0.05, 0) is 12.8 Å². The summed E-state index contributed by atoms with van der Waals surface area (Å²) in [5.41, 5.74) is 5.34. The second-order valence-corrected chi connectivity index (χ2v) is 18.1. The summed E-state index contributed by atoms with van der Waals surface area (Å²) in [4.78, 5) is 46.0. The Bertz CT molecular complexity index is 1000. The van der Waals surface area contributed by atoms with Gasteiger partial charge in [-0.15, -0.1) is 0 Å². The summed E-state index contributed by atoms with van der Waals surface area (Å²) in [6.07, 6.45) is 41.8. The van der Waals surface area contributed by atoms with Gasteiger partial charge in [-0.3, -0.25) is 23.4 Å². The fourth-order valence-electron chi connectivity index (χ4n) is 7.07. The van der Waals surface area contributed by atoms with E-state index in [1.807, 2.05) is 0 Å². The van der Waals surface area contributed by atoms with Crippen LogP contribution in [0.1, 0.15) is 245 Å². The third kappa shape index (κ3) is 41.2. The van der Waals surface area contributed by atoms with Crippen LogP contribution in [-0.2, 0) is 37.5 Å². The number of carboxylic acids is 1. The van der Waals surface area contributed by atoms with Gasteiger partial charge >= 0.3 is 25.7 Å². The number of phosphoric ester groups is 1. The average molecular weight is 848 g/mol. The molecule has 0 aromatic heterocycles. The van der Waals surface area contributed by atoms with E-state index in [1.54, 1.807) is 0 Å². The quantitative estimate of drug-likeness (QED) is 0.0302. The number of unbranched alkanes of at least 4 members (excludes halogenated alkanes) is 32. The molecule has 12 heteroatoms. The lowest BCUT2D eigenvalue weighted by molar-refractivity contribution is -0.161. The minimum Gasteiger partial charge on any atom is -0.480 e. The van der Waals surface area contributed by atoms with Crippen molar-refractivity contribution in [3.05, 3.63) is 0 Å². The number of hydrogen-bond acceptors (Lipinski definition) is 9. The molecule has 0 aromatic rings. The maximum absolute atomic E-state index is 12.6. The van der Waals surface area contributed by atoms with Crippen molar-refractivity contribution < 1.29 is 47.5 Å². The molecule has 1 unspecified atom stereocenters. The molecule has 0 aromatic carbocycles. The SMILES string of the molecule is CCCCCCCCCCCCCCCCCCCCCCCCCC(=O)OC[C@@H](COP(=O)(O)OC[C@H](N)C(=O)O)OC(=O)CCCCCCCCCCCCC. The lowest BCUT2D eigenvalue weighted by Crippen LogP contribution is -2.34. The van der Waals surface area contributed by atoms with Gasteiger partial charge in [-0.2, -0.15) is 0 Å². The van der Waals surface area contributed by atoms with E-state index in [0.717, 1.165) is 38.5 Å². The number of carbonyl (C=O) groups excluding carboxylic acids is 2. The number of phosphoric acid groups is 1. The summed E-state index contributed by atoms with van der Waals surface area (Å²) >= 11 is 0. The van der Waals surface area contributed by atoms with Gasteiger partial charge < -0.3 is 25.2 Å². The van der Waals surface area contributed by atoms with E-state index in [1.165, 1.54) is 167 Å². The van der Waals surface area contributed by atoms with Crippen molar-refractivity contribution in [1.29, 1.82) is 0 Å². The highest BCUT2D eigenvalue weighted by molar-refractivity contribution is 7.47. The Morgan fingerprint density at radius 2 is 0.759 bits per heavy atom. The molecule has 0 radical (unpaired) electrons. The van der Waals surface area contributed by atoms with Crippen molar-refractivity contribution in [2.45, 2.75) is 257 Å². The lowest BCUT2D eigenvalue weighted by atomic mass is 10.0. The summed E-state index contributed by atoms with van der Waals surface area (Å²) in [7, 11) is -4.71. The average Bonchev–Trinajstić information content (AvgIpc) is 3.20. The third-order valence-electron chi connectivity index (χ3n) is 10.9. The number of aliphatic carboxylic acids is 1. The van der Waals surface area contributed by atoms with Gasteiger partial charge in [-0.1, -0.05) is 219 Å². The molecule has 0 amide bonds. The minimum absolute atomic E-state index is 0.168. The first-order valence-corrected chi connectivity index (χ1v) is 25.6. The van der Waals surface area contributed by atoms with Gasteiger partial charge in [0.2, 0.25) is 0 Å². The van der Waals surface area contributed by atoms with E-state index in [-0.39, 0.29) is 19.4 Å². The van der Waals surface area contributed by atoms with Gasteiger partial charge in [0.1, 0.15) is 12.6 Å². The maximum atomic E-state index is 12.6. The highest BCUT2D eigenvalue weighted by Gasteiger charge is 2.28. The molecule has 3 atom stereocenters. The van der Waals surface area contributed by atoms with Crippen LogP contribution in [0, 0.1) is 0 Å². The predicted octanol–water partition coefficient (Wildman–Crippen LogP) is 13.1. The van der Waals surface area contributed by atoms with Gasteiger partial charge in [0.25, 0.3) is 0 Å². The first kappa shape index (κ1) is 56.5. The largest absolute Gasteiger partial charge is 0.480 e. The zero-order valence-electron chi connectivity index (χ0n) is 37.4. The summed E-state index contributed by atoms with van der Waals surface area (Å²) in [5, 5.41) is 8.89. The van der Waals surface area contributed by atoms with E-state index < -0.39 is 51.1 Å². The molecular formula is C46H90NO10P. The smallest absolute Gasteiger partial charge is 0.472 e. The topological polar surface area (TPSA) is 172 Å². The molecule has 0 heterocycles. The van der Waals surface area contributed by atoms with Crippen LogP contribution in [0.25, 0.3) is 0 Å². The Kier molecular flexibility index (Phi) is 41.1. The fourth-order valence-corrected chi connectivity index (χ4v) is 7.85. The molecule has 0 aliphatic carbocycles. The second kappa shape index (κ2) is 42.2. The molecule has 11 nitrogen and oxygen atoms in total. The number of nitrogens with two attached hydrogens (primary N) is 1. The van der Waals surface area contributed by atoms with Crippen molar-refractivity contribution >= 4 is 25.7 Å². The molecule has 58 heavy (non-hydrogen) atoms. The maximum Gasteiger partial charge on any atom is 0.472 e. The Labute approximate surface area is 355 Å². The summed E-state index contributed by atoms with van der Waals surface area (Å²) < 4.78 is 32.7. The Morgan fingerprint density at radius 3 is 1.09 bits per heavy atom. The number of rotatable bonds is 46. The molecule has 0 saturated carbocycles. The number of ether oxygens (including phenoxy) is 2. The normalized spacial score (nSPS) is 13.6. The molecule has 0 aliphatic heterocycles. The van der Waals surface area contributed by atoms with Gasteiger partial charge in [0.15, 0.2) is 6.10 Å². The van der Waals surface area contributed by atoms with E-state index in [2.05, 4.69) is 18.4 Å².